The van der Waals surface area contributed by atoms with Gasteiger partial charge >= 0.3 is 5.69 Å². The molecular formula is C17H22N4O2. The first-order chi connectivity index (χ1) is 11.1. The molecule has 1 amide bonds. The van der Waals surface area contributed by atoms with Crippen LogP contribution < -0.4 is 11.0 Å². The number of anilines is 1. The molecule has 0 unspecified atom stereocenters. The van der Waals surface area contributed by atoms with Crippen LogP contribution in [0.25, 0.3) is 0 Å². The zero-order valence-electron chi connectivity index (χ0n) is 13.6. The highest BCUT2D eigenvalue weighted by Crippen LogP contribution is 2.21. The zero-order valence-corrected chi connectivity index (χ0v) is 13.6. The third-order valence-electron chi connectivity index (χ3n) is 4.33. The summed E-state index contributed by atoms with van der Waals surface area (Å²) in [5.41, 5.74) is 2.77. The van der Waals surface area contributed by atoms with Gasteiger partial charge < -0.3 is 5.32 Å². The van der Waals surface area contributed by atoms with Crippen LogP contribution in [0.15, 0.2) is 23.0 Å². The van der Waals surface area contributed by atoms with Crippen LogP contribution in [-0.2, 0) is 30.7 Å². The molecule has 122 valence electrons. The van der Waals surface area contributed by atoms with E-state index in [4.69, 9.17) is 0 Å². The van der Waals surface area contributed by atoms with Crippen molar-refractivity contribution in [2.24, 2.45) is 0 Å². The number of aryl methyl sites for hydroxylation is 3. The second kappa shape index (κ2) is 6.40. The van der Waals surface area contributed by atoms with Crippen molar-refractivity contribution >= 4 is 11.6 Å². The van der Waals surface area contributed by atoms with Crippen molar-refractivity contribution < 1.29 is 4.79 Å². The number of benzene rings is 1. The summed E-state index contributed by atoms with van der Waals surface area (Å²) in [5, 5.41) is 7.24. The molecular weight excluding hydrogens is 292 g/mol. The monoisotopic (exact) mass is 314 g/mol. The predicted molar refractivity (Wildman–Crippen MR) is 88.6 cm³/mol. The minimum absolute atomic E-state index is 0.0453. The number of rotatable bonds is 4. The van der Waals surface area contributed by atoms with E-state index in [9.17, 15) is 9.59 Å². The number of nitrogens with one attached hydrogen (secondary N) is 1. The van der Waals surface area contributed by atoms with Gasteiger partial charge in [-0.15, -0.1) is 0 Å². The normalized spacial score (nSPS) is 13.7. The Morgan fingerprint density at radius 1 is 1.35 bits per heavy atom. The largest absolute Gasteiger partial charge is 0.346 e. The van der Waals surface area contributed by atoms with Crippen LogP contribution in [0.1, 0.15) is 36.7 Å². The minimum Gasteiger partial charge on any atom is -0.324 e. The summed E-state index contributed by atoms with van der Waals surface area (Å²) < 4.78 is 2.96. The Bertz CT molecular complexity index is 788. The molecule has 2 aromatic rings. The van der Waals surface area contributed by atoms with Gasteiger partial charge in [-0.2, -0.15) is 5.10 Å². The Balaban J connectivity index is 1.78. The number of para-hydroxylation sites is 1. The van der Waals surface area contributed by atoms with Gasteiger partial charge in [-0.3, -0.25) is 9.36 Å². The van der Waals surface area contributed by atoms with Gasteiger partial charge in [-0.25, -0.2) is 9.48 Å². The van der Waals surface area contributed by atoms with E-state index in [1.165, 1.54) is 4.68 Å². The maximum Gasteiger partial charge on any atom is 0.346 e. The summed E-state index contributed by atoms with van der Waals surface area (Å²) in [7, 11) is 0. The average molecular weight is 314 g/mol. The fourth-order valence-electron chi connectivity index (χ4n) is 3.07. The molecule has 1 N–H and O–H groups in total. The lowest BCUT2D eigenvalue weighted by molar-refractivity contribution is -0.117. The molecule has 0 fully saturated rings. The molecule has 1 aromatic heterocycles. The molecule has 3 rings (SSSR count). The van der Waals surface area contributed by atoms with Crippen molar-refractivity contribution in [3.8, 4) is 0 Å². The minimum atomic E-state index is -0.216. The Morgan fingerprint density at radius 3 is 2.91 bits per heavy atom. The molecule has 0 bridgehead atoms. The van der Waals surface area contributed by atoms with E-state index >= 15 is 0 Å². The number of carbonyl (C=O) groups excluding carboxylic acids is 1. The average Bonchev–Trinajstić information content (AvgIpc) is 2.86. The molecule has 1 aliphatic heterocycles. The van der Waals surface area contributed by atoms with Gasteiger partial charge in [0.1, 0.15) is 12.4 Å². The van der Waals surface area contributed by atoms with E-state index in [-0.39, 0.29) is 18.1 Å². The Kier molecular flexibility index (Phi) is 4.32. The van der Waals surface area contributed by atoms with E-state index < -0.39 is 0 Å². The Labute approximate surface area is 135 Å². The maximum absolute atomic E-state index is 12.3. The van der Waals surface area contributed by atoms with Gasteiger partial charge in [0.2, 0.25) is 5.91 Å². The van der Waals surface area contributed by atoms with E-state index in [1.807, 2.05) is 25.1 Å². The first-order valence-corrected chi connectivity index (χ1v) is 8.15. The first-order valence-electron chi connectivity index (χ1n) is 8.15. The standard InChI is InChI=1S/C17H22N4O2/c1-3-13-8-6-7-12(2)16(13)18-15(22)11-21-17(23)20-10-5-4-9-14(20)19-21/h6-8H,3-5,9-11H2,1-2H3,(H,18,22). The van der Waals surface area contributed by atoms with Gasteiger partial charge in [-0.05, 0) is 37.3 Å². The Morgan fingerprint density at radius 2 is 2.17 bits per heavy atom. The maximum atomic E-state index is 12.3. The third kappa shape index (κ3) is 3.06. The SMILES string of the molecule is CCc1cccc(C)c1NC(=O)Cn1nc2n(c1=O)CCCC2. The zero-order chi connectivity index (χ0) is 16.4. The molecule has 23 heavy (non-hydrogen) atoms. The second-order valence-corrected chi connectivity index (χ2v) is 5.98. The van der Waals surface area contributed by atoms with Crippen LogP contribution in [0.3, 0.4) is 0 Å². The van der Waals surface area contributed by atoms with Crippen LogP contribution in [0.5, 0.6) is 0 Å². The number of carbonyl (C=O) groups is 1. The predicted octanol–water partition coefficient (Wildman–Crippen LogP) is 1.89. The van der Waals surface area contributed by atoms with Crippen molar-refractivity contribution in [1.29, 1.82) is 0 Å². The van der Waals surface area contributed by atoms with Crippen LogP contribution in [0.2, 0.25) is 0 Å². The molecule has 2 heterocycles. The summed E-state index contributed by atoms with van der Waals surface area (Å²) in [5.74, 6) is 0.575. The summed E-state index contributed by atoms with van der Waals surface area (Å²) >= 11 is 0. The van der Waals surface area contributed by atoms with Gasteiger partial charge in [0.25, 0.3) is 0 Å². The molecule has 0 spiro atoms. The Hall–Kier alpha value is -2.37. The van der Waals surface area contributed by atoms with Crippen LogP contribution in [-0.4, -0.2) is 20.3 Å². The van der Waals surface area contributed by atoms with Crippen LogP contribution in [0.4, 0.5) is 5.69 Å². The van der Waals surface area contributed by atoms with Crippen molar-refractivity contribution in [2.75, 3.05) is 5.32 Å². The molecule has 0 aliphatic carbocycles. The van der Waals surface area contributed by atoms with Crippen molar-refractivity contribution in [2.45, 2.75) is 52.6 Å². The summed E-state index contributed by atoms with van der Waals surface area (Å²) in [4.78, 5) is 24.6. The van der Waals surface area contributed by atoms with E-state index in [0.29, 0.717) is 6.54 Å². The third-order valence-corrected chi connectivity index (χ3v) is 4.33. The van der Waals surface area contributed by atoms with E-state index in [2.05, 4.69) is 17.3 Å². The first kappa shape index (κ1) is 15.5. The van der Waals surface area contributed by atoms with Gasteiger partial charge in [0.05, 0.1) is 0 Å². The lowest BCUT2D eigenvalue weighted by atomic mass is 10.1. The quantitative estimate of drug-likeness (QED) is 0.937. The van der Waals surface area contributed by atoms with Crippen molar-refractivity contribution in [1.82, 2.24) is 14.3 Å². The molecule has 0 radical (unpaired) electrons. The van der Waals surface area contributed by atoms with Crippen molar-refractivity contribution in [3.63, 3.8) is 0 Å². The lowest BCUT2D eigenvalue weighted by Gasteiger charge is -2.12. The van der Waals surface area contributed by atoms with Crippen molar-refractivity contribution in [3.05, 3.63) is 45.6 Å². The summed E-state index contributed by atoms with van der Waals surface area (Å²) in [6.07, 6.45) is 3.69. The van der Waals surface area contributed by atoms with Gasteiger partial charge in [0, 0.05) is 18.7 Å². The number of aromatic nitrogens is 3. The molecule has 6 nitrogen and oxygen atoms in total. The molecule has 6 heteroatoms. The van der Waals surface area contributed by atoms with E-state index in [0.717, 1.165) is 48.3 Å². The fraction of sp³-hybridized carbons (Fsp3) is 0.471. The topological polar surface area (TPSA) is 68.9 Å². The number of nitrogens with zero attached hydrogens (tertiary/aromatic N) is 3. The number of fused-ring (bicyclic) bond motifs is 1. The smallest absolute Gasteiger partial charge is 0.324 e. The number of amides is 1. The number of hydrogen-bond acceptors (Lipinski definition) is 3. The van der Waals surface area contributed by atoms with Gasteiger partial charge in [0.15, 0.2) is 0 Å². The highest BCUT2D eigenvalue weighted by molar-refractivity contribution is 5.92. The number of hydrogen-bond donors (Lipinski definition) is 1. The second-order valence-electron chi connectivity index (χ2n) is 5.98. The summed E-state index contributed by atoms with van der Waals surface area (Å²) in [6.45, 7) is 4.68. The molecule has 0 saturated carbocycles. The van der Waals surface area contributed by atoms with Gasteiger partial charge in [-0.1, -0.05) is 25.1 Å². The van der Waals surface area contributed by atoms with Crippen LogP contribution >= 0.6 is 0 Å². The van der Waals surface area contributed by atoms with Crippen LogP contribution in [0, 0.1) is 6.92 Å². The molecule has 0 saturated heterocycles. The molecule has 1 aromatic carbocycles. The highest BCUT2D eigenvalue weighted by atomic mass is 16.2. The lowest BCUT2D eigenvalue weighted by Crippen LogP contribution is -2.31. The summed E-state index contributed by atoms with van der Waals surface area (Å²) in [6, 6.07) is 5.96. The fourth-order valence-corrected chi connectivity index (χ4v) is 3.07. The molecule has 1 aliphatic rings. The van der Waals surface area contributed by atoms with E-state index in [1.54, 1.807) is 4.57 Å². The molecule has 0 atom stereocenters. The highest BCUT2D eigenvalue weighted by Gasteiger charge is 2.18.